The fourth-order valence-corrected chi connectivity index (χ4v) is 2.73. The fourth-order valence-electron chi connectivity index (χ4n) is 2.73. The molecule has 0 bridgehead atoms. The number of amides is 1. The van der Waals surface area contributed by atoms with Crippen LogP contribution in [-0.2, 0) is 4.79 Å². The quantitative estimate of drug-likeness (QED) is 0.566. The second-order valence-electron chi connectivity index (χ2n) is 6.05. The van der Waals surface area contributed by atoms with E-state index in [4.69, 9.17) is 0 Å². The van der Waals surface area contributed by atoms with E-state index in [1.54, 1.807) is 10.6 Å². The summed E-state index contributed by atoms with van der Waals surface area (Å²) >= 11 is 0. The van der Waals surface area contributed by atoms with E-state index >= 15 is 0 Å². The maximum Gasteiger partial charge on any atom is 0.248 e. The first kappa shape index (κ1) is 16.7. The number of hydrogen-bond acceptors (Lipinski definition) is 4. The predicted octanol–water partition coefficient (Wildman–Crippen LogP) is 3.75. The topological polar surface area (TPSA) is 72.2 Å². The highest BCUT2D eigenvalue weighted by atomic mass is 16.1. The number of carbonyl (C=O) groups is 1. The van der Waals surface area contributed by atoms with Crippen molar-refractivity contribution in [2.45, 2.75) is 6.92 Å². The van der Waals surface area contributed by atoms with Crippen molar-refractivity contribution in [2.24, 2.45) is 0 Å². The molecule has 0 saturated carbocycles. The normalized spacial score (nSPS) is 11.1. The van der Waals surface area contributed by atoms with E-state index in [2.05, 4.69) is 20.6 Å². The Bertz CT molecular complexity index is 1130. The molecule has 6 heteroatoms. The number of aromatic nitrogens is 4. The Hall–Kier alpha value is -3.80. The summed E-state index contributed by atoms with van der Waals surface area (Å²) in [7, 11) is 0. The molecule has 0 aliphatic rings. The van der Waals surface area contributed by atoms with E-state index < -0.39 is 0 Å². The summed E-state index contributed by atoms with van der Waals surface area (Å²) in [4.78, 5) is 12.2. The highest BCUT2D eigenvalue weighted by Crippen LogP contribution is 2.21. The van der Waals surface area contributed by atoms with Crippen molar-refractivity contribution in [3.05, 3.63) is 84.2 Å². The van der Waals surface area contributed by atoms with Gasteiger partial charge in [0.15, 0.2) is 11.5 Å². The summed E-state index contributed by atoms with van der Waals surface area (Å²) in [6.07, 6.45) is 3.30. The molecule has 1 amide bonds. The first-order chi connectivity index (χ1) is 13.2. The zero-order chi connectivity index (χ0) is 18.6. The number of nitrogens with one attached hydrogen (secondary N) is 1. The van der Waals surface area contributed by atoms with E-state index in [0.717, 1.165) is 22.6 Å². The molecule has 0 aliphatic carbocycles. The van der Waals surface area contributed by atoms with Crippen LogP contribution in [-0.4, -0.2) is 25.7 Å². The number of fused-ring (bicyclic) bond motifs is 1. The summed E-state index contributed by atoms with van der Waals surface area (Å²) < 4.78 is 1.70. The lowest BCUT2D eigenvalue weighted by molar-refractivity contribution is -0.111. The van der Waals surface area contributed by atoms with Crippen molar-refractivity contribution in [3.63, 3.8) is 0 Å². The molecule has 4 rings (SSSR count). The molecule has 2 aromatic heterocycles. The minimum Gasteiger partial charge on any atom is -0.322 e. The Balaban J connectivity index is 1.54. The van der Waals surface area contributed by atoms with Gasteiger partial charge in [-0.25, -0.2) is 0 Å². The molecule has 0 saturated heterocycles. The zero-order valence-electron chi connectivity index (χ0n) is 14.7. The van der Waals surface area contributed by atoms with Gasteiger partial charge in [-0.15, -0.1) is 10.2 Å². The van der Waals surface area contributed by atoms with Crippen LogP contribution in [0, 0.1) is 6.92 Å². The molecule has 2 aromatic carbocycles. The molecule has 2 heterocycles. The molecule has 0 unspecified atom stereocenters. The van der Waals surface area contributed by atoms with Crippen molar-refractivity contribution in [1.82, 2.24) is 19.8 Å². The molecule has 0 atom stereocenters. The Labute approximate surface area is 156 Å². The van der Waals surface area contributed by atoms with Gasteiger partial charge in [-0.2, -0.15) is 9.61 Å². The third kappa shape index (κ3) is 3.74. The molecule has 132 valence electrons. The third-order valence-electron chi connectivity index (χ3n) is 4.07. The van der Waals surface area contributed by atoms with Crippen LogP contribution < -0.4 is 5.32 Å². The van der Waals surface area contributed by atoms with Gasteiger partial charge in [-0.05, 0) is 42.8 Å². The van der Waals surface area contributed by atoms with Gasteiger partial charge in [-0.1, -0.05) is 42.5 Å². The van der Waals surface area contributed by atoms with Gasteiger partial charge in [0.1, 0.15) is 0 Å². The molecular formula is C21H17N5O. The number of anilines is 1. The van der Waals surface area contributed by atoms with Crippen molar-refractivity contribution in [3.8, 4) is 11.3 Å². The summed E-state index contributed by atoms with van der Waals surface area (Å²) in [6.45, 7) is 1.85. The minimum absolute atomic E-state index is 0.186. The first-order valence-electron chi connectivity index (χ1n) is 8.53. The van der Waals surface area contributed by atoms with Crippen LogP contribution >= 0.6 is 0 Å². The Morgan fingerprint density at radius 3 is 2.70 bits per heavy atom. The Morgan fingerprint density at radius 1 is 1.00 bits per heavy atom. The van der Waals surface area contributed by atoms with Gasteiger partial charge in [-0.3, -0.25) is 4.79 Å². The molecule has 6 nitrogen and oxygen atoms in total. The van der Waals surface area contributed by atoms with Crippen LogP contribution in [0.1, 0.15) is 11.4 Å². The summed E-state index contributed by atoms with van der Waals surface area (Å²) in [5.74, 6) is 0.538. The summed E-state index contributed by atoms with van der Waals surface area (Å²) in [5, 5.41) is 15.5. The van der Waals surface area contributed by atoms with Crippen LogP contribution in [0.25, 0.3) is 23.0 Å². The van der Waals surface area contributed by atoms with Gasteiger partial charge in [0.25, 0.3) is 0 Å². The average Bonchev–Trinajstić information content (AvgIpc) is 3.08. The molecular weight excluding hydrogens is 338 g/mol. The van der Waals surface area contributed by atoms with Crippen LogP contribution in [0.5, 0.6) is 0 Å². The first-order valence-corrected chi connectivity index (χ1v) is 8.53. The van der Waals surface area contributed by atoms with Gasteiger partial charge < -0.3 is 5.32 Å². The zero-order valence-corrected chi connectivity index (χ0v) is 14.7. The lowest BCUT2D eigenvalue weighted by atomic mass is 10.1. The van der Waals surface area contributed by atoms with Gasteiger partial charge in [0.05, 0.1) is 5.69 Å². The summed E-state index contributed by atoms with van der Waals surface area (Å²) in [6, 6.07) is 21.0. The van der Waals surface area contributed by atoms with Gasteiger partial charge in [0, 0.05) is 17.3 Å². The Morgan fingerprint density at radius 2 is 1.85 bits per heavy atom. The lowest BCUT2D eigenvalue weighted by Gasteiger charge is -2.06. The van der Waals surface area contributed by atoms with Crippen LogP contribution in [0.3, 0.4) is 0 Å². The average molecular weight is 355 g/mol. The largest absolute Gasteiger partial charge is 0.322 e. The molecule has 0 spiro atoms. The van der Waals surface area contributed by atoms with Crippen LogP contribution in [0.15, 0.2) is 72.8 Å². The fraction of sp³-hybridized carbons (Fsp3) is 0.0476. The molecule has 0 aliphatic heterocycles. The second-order valence-corrected chi connectivity index (χ2v) is 6.05. The van der Waals surface area contributed by atoms with Gasteiger partial charge in [0.2, 0.25) is 5.91 Å². The minimum atomic E-state index is -0.186. The molecule has 0 fully saturated rings. The number of aryl methyl sites for hydroxylation is 1. The van der Waals surface area contributed by atoms with E-state index in [1.165, 1.54) is 6.08 Å². The standard InChI is InChI=1S/C21H17N5O/c1-15-23-24-20-12-11-19(25-26(15)20)17-8-5-9-18(14-17)22-21(27)13-10-16-6-3-2-4-7-16/h2-14H,1H3,(H,22,27)/b13-10+. The van der Waals surface area contributed by atoms with Gasteiger partial charge >= 0.3 is 0 Å². The monoisotopic (exact) mass is 355 g/mol. The number of benzene rings is 2. The maximum absolute atomic E-state index is 12.2. The predicted molar refractivity (Wildman–Crippen MR) is 105 cm³/mol. The summed E-state index contributed by atoms with van der Waals surface area (Å²) in [5.41, 5.74) is 4.06. The van der Waals surface area contributed by atoms with Crippen molar-refractivity contribution in [2.75, 3.05) is 5.32 Å². The van der Waals surface area contributed by atoms with E-state index in [0.29, 0.717) is 11.3 Å². The SMILES string of the molecule is Cc1nnc2ccc(-c3cccc(NC(=O)/C=C/c4ccccc4)c3)nn12. The van der Waals surface area contributed by atoms with Crippen molar-refractivity contribution in [1.29, 1.82) is 0 Å². The smallest absolute Gasteiger partial charge is 0.248 e. The number of rotatable bonds is 4. The number of nitrogens with zero attached hydrogens (tertiary/aromatic N) is 4. The second kappa shape index (κ2) is 7.21. The maximum atomic E-state index is 12.2. The van der Waals surface area contributed by atoms with E-state index in [1.807, 2.05) is 73.7 Å². The molecule has 1 N–H and O–H groups in total. The van der Waals surface area contributed by atoms with E-state index in [9.17, 15) is 4.79 Å². The molecule has 27 heavy (non-hydrogen) atoms. The van der Waals surface area contributed by atoms with Crippen molar-refractivity contribution >= 4 is 23.3 Å². The molecule has 4 aromatic rings. The third-order valence-corrected chi connectivity index (χ3v) is 4.07. The Kier molecular flexibility index (Phi) is 4.45. The highest BCUT2D eigenvalue weighted by Gasteiger charge is 2.07. The molecule has 0 radical (unpaired) electrons. The van der Waals surface area contributed by atoms with Crippen LogP contribution in [0.2, 0.25) is 0 Å². The number of carbonyl (C=O) groups excluding carboxylic acids is 1. The van der Waals surface area contributed by atoms with E-state index in [-0.39, 0.29) is 5.91 Å². The lowest BCUT2D eigenvalue weighted by Crippen LogP contribution is -2.07. The van der Waals surface area contributed by atoms with Crippen LogP contribution in [0.4, 0.5) is 5.69 Å². The number of hydrogen-bond donors (Lipinski definition) is 1. The highest BCUT2D eigenvalue weighted by molar-refractivity contribution is 6.02. The van der Waals surface area contributed by atoms with Crippen molar-refractivity contribution < 1.29 is 4.79 Å².